The van der Waals surface area contributed by atoms with Crippen molar-refractivity contribution in [1.29, 1.82) is 0 Å². The topological polar surface area (TPSA) is 89.4 Å². The van der Waals surface area contributed by atoms with Gasteiger partial charge in [-0.2, -0.15) is 18.2 Å². The van der Waals surface area contributed by atoms with Crippen molar-refractivity contribution < 1.29 is 18.0 Å². The van der Waals surface area contributed by atoms with Crippen LogP contribution in [0.4, 0.5) is 13.2 Å². The molecule has 0 radical (unpaired) electrons. The minimum atomic E-state index is -4.63. The third kappa shape index (κ3) is 4.11. The van der Waals surface area contributed by atoms with E-state index in [1.54, 1.807) is 13.8 Å². The molecule has 1 atom stereocenters. The minimum Gasteiger partial charge on any atom is -0.343 e. The largest absolute Gasteiger partial charge is 0.453 e. The number of fused-ring (bicyclic) bond motifs is 1. The Morgan fingerprint density at radius 3 is 2.46 bits per heavy atom. The lowest BCUT2D eigenvalue weighted by Gasteiger charge is -2.33. The van der Waals surface area contributed by atoms with Crippen molar-refractivity contribution in [3.8, 4) is 0 Å². The number of carbonyl (C=O) groups excluding carboxylic acids is 1. The molecule has 3 rings (SSSR count). The molecule has 0 bridgehead atoms. The van der Waals surface area contributed by atoms with E-state index < -0.39 is 12.0 Å². The lowest BCUT2D eigenvalue weighted by Crippen LogP contribution is -2.42. The molecule has 28 heavy (non-hydrogen) atoms. The van der Waals surface area contributed by atoms with Gasteiger partial charge in [-0.05, 0) is 51.5 Å². The highest BCUT2D eigenvalue weighted by molar-refractivity contribution is 5.76. The summed E-state index contributed by atoms with van der Waals surface area (Å²) in [7, 11) is 0. The first-order valence-electron chi connectivity index (χ1n) is 9.41. The Hall–Kier alpha value is -2.23. The fourth-order valence-electron chi connectivity index (χ4n) is 3.75. The van der Waals surface area contributed by atoms with Gasteiger partial charge >= 0.3 is 6.18 Å². The molecule has 154 valence electrons. The van der Waals surface area contributed by atoms with Crippen LogP contribution in [0.1, 0.15) is 49.0 Å². The summed E-state index contributed by atoms with van der Waals surface area (Å²) in [4.78, 5) is 22.0. The summed E-state index contributed by atoms with van der Waals surface area (Å²) in [5.41, 5.74) is 7.75. The average Bonchev–Trinajstić information content (AvgIpc) is 3.06. The Balaban J connectivity index is 1.71. The number of piperidine rings is 1. The third-order valence-corrected chi connectivity index (χ3v) is 5.53. The fourth-order valence-corrected chi connectivity index (χ4v) is 3.75. The molecule has 1 aliphatic rings. The molecule has 2 aromatic rings. The molecule has 3 heterocycles. The minimum absolute atomic E-state index is 0.0385. The van der Waals surface area contributed by atoms with Gasteiger partial charge in [-0.1, -0.05) is 0 Å². The van der Waals surface area contributed by atoms with Crippen molar-refractivity contribution in [3.63, 3.8) is 0 Å². The van der Waals surface area contributed by atoms with Gasteiger partial charge in [0.05, 0.1) is 0 Å². The van der Waals surface area contributed by atoms with Crippen LogP contribution in [0.25, 0.3) is 5.78 Å². The molecule has 1 unspecified atom stereocenters. The van der Waals surface area contributed by atoms with Crippen LogP contribution in [-0.4, -0.2) is 49.5 Å². The number of nitrogens with two attached hydrogens (primary N) is 1. The monoisotopic (exact) mass is 398 g/mol. The van der Waals surface area contributed by atoms with Crippen LogP contribution < -0.4 is 5.73 Å². The van der Waals surface area contributed by atoms with E-state index in [2.05, 4.69) is 15.1 Å². The van der Waals surface area contributed by atoms with Crippen LogP contribution in [0.3, 0.4) is 0 Å². The second-order valence-electron chi connectivity index (χ2n) is 7.48. The number of likely N-dealkylation sites (tertiary alicyclic amines) is 1. The molecule has 1 amide bonds. The Morgan fingerprint density at radius 2 is 1.89 bits per heavy atom. The molecule has 2 aromatic heterocycles. The second-order valence-corrected chi connectivity index (χ2v) is 7.48. The van der Waals surface area contributed by atoms with Gasteiger partial charge in [0.2, 0.25) is 5.91 Å². The predicted molar refractivity (Wildman–Crippen MR) is 96.5 cm³/mol. The molecule has 2 N–H and O–H groups in total. The van der Waals surface area contributed by atoms with Gasteiger partial charge in [0.25, 0.3) is 11.6 Å². The van der Waals surface area contributed by atoms with E-state index in [0.717, 1.165) is 22.9 Å². The van der Waals surface area contributed by atoms with Crippen LogP contribution in [0.2, 0.25) is 0 Å². The molecule has 1 saturated heterocycles. The van der Waals surface area contributed by atoms with Gasteiger partial charge in [-0.3, -0.25) is 4.79 Å². The van der Waals surface area contributed by atoms with E-state index >= 15 is 0 Å². The van der Waals surface area contributed by atoms with Gasteiger partial charge in [0, 0.05) is 36.9 Å². The summed E-state index contributed by atoms with van der Waals surface area (Å²) in [6.45, 7) is 6.76. The van der Waals surface area contributed by atoms with E-state index in [-0.39, 0.29) is 24.1 Å². The highest BCUT2D eigenvalue weighted by Crippen LogP contribution is 2.27. The molecule has 10 heteroatoms. The SMILES string of the molecule is Cc1nc2nc(C(F)(F)F)nn2c(C)c1CCC(=O)N1CCC(C(C)N)CC1. The molecule has 0 spiro atoms. The van der Waals surface area contributed by atoms with Gasteiger partial charge in [-0.25, -0.2) is 9.50 Å². The van der Waals surface area contributed by atoms with Crippen LogP contribution >= 0.6 is 0 Å². The lowest BCUT2D eigenvalue weighted by atomic mass is 9.91. The van der Waals surface area contributed by atoms with E-state index in [1.165, 1.54) is 0 Å². The zero-order chi connectivity index (χ0) is 20.6. The van der Waals surface area contributed by atoms with Crippen LogP contribution in [-0.2, 0) is 17.4 Å². The Morgan fingerprint density at radius 1 is 1.25 bits per heavy atom. The number of hydrogen-bond acceptors (Lipinski definition) is 5. The summed E-state index contributed by atoms with van der Waals surface area (Å²) < 4.78 is 39.7. The zero-order valence-corrected chi connectivity index (χ0v) is 16.3. The van der Waals surface area contributed by atoms with Crippen molar-refractivity contribution in [2.24, 2.45) is 11.7 Å². The fraction of sp³-hybridized carbons (Fsp3) is 0.667. The lowest BCUT2D eigenvalue weighted by molar-refractivity contribution is -0.144. The number of rotatable bonds is 4. The first-order valence-corrected chi connectivity index (χ1v) is 9.41. The molecular weight excluding hydrogens is 373 g/mol. The Kier molecular flexibility index (Phi) is 5.60. The van der Waals surface area contributed by atoms with Crippen molar-refractivity contribution in [3.05, 3.63) is 22.8 Å². The molecule has 7 nitrogen and oxygen atoms in total. The third-order valence-electron chi connectivity index (χ3n) is 5.53. The number of nitrogens with zero attached hydrogens (tertiary/aromatic N) is 5. The van der Waals surface area contributed by atoms with Gasteiger partial charge in [-0.15, -0.1) is 5.10 Å². The average molecular weight is 398 g/mol. The Bertz CT molecular complexity index is 868. The van der Waals surface area contributed by atoms with Crippen molar-refractivity contribution in [2.45, 2.75) is 58.7 Å². The Labute approximate surface area is 161 Å². The maximum Gasteiger partial charge on any atom is 0.453 e. The second kappa shape index (κ2) is 7.65. The van der Waals surface area contributed by atoms with Gasteiger partial charge in [0.1, 0.15) is 0 Å². The number of amides is 1. The quantitative estimate of drug-likeness (QED) is 0.854. The molecule has 0 saturated carbocycles. The first kappa shape index (κ1) is 20.5. The van der Waals surface area contributed by atoms with Gasteiger partial charge in [0.15, 0.2) is 0 Å². The van der Waals surface area contributed by atoms with E-state index in [0.29, 0.717) is 36.8 Å². The maximum atomic E-state index is 12.9. The van der Waals surface area contributed by atoms with Crippen molar-refractivity contribution >= 4 is 11.7 Å². The predicted octanol–water partition coefficient (Wildman–Crippen LogP) is 2.28. The normalized spacial score (nSPS) is 17.3. The first-order chi connectivity index (χ1) is 13.1. The number of carbonyl (C=O) groups is 1. The zero-order valence-electron chi connectivity index (χ0n) is 16.3. The summed E-state index contributed by atoms with van der Waals surface area (Å²) in [5, 5.41) is 3.54. The van der Waals surface area contributed by atoms with Gasteiger partial charge < -0.3 is 10.6 Å². The van der Waals surface area contributed by atoms with E-state index in [4.69, 9.17) is 5.73 Å². The van der Waals surface area contributed by atoms with Crippen molar-refractivity contribution in [2.75, 3.05) is 13.1 Å². The molecule has 0 aliphatic carbocycles. The maximum absolute atomic E-state index is 12.9. The van der Waals surface area contributed by atoms with E-state index in [9.17, 15) is 18.0 Å². The number of hydrogen-bond donors (Lipinski definition) is 1. The summed E-state index contributed by atoms with van der Waals surface area (Å²) >= 11 is 0. The highest BCUT2D eigenvalue weighted by atomic mass is 19.4. The highest BCUT2D eigenvalue weighted by Gasteiger charge is 2.37. The van der Waals surface area contributed by atoms with E-state index in [1.807, 2.05) is 11.8 Å². The number of aryl methyl sites for hydroxylation is 2. The van der Waals surface area contributed by atoms with Crippen LogP contribution in [0, 0.1) is 19.8 Å². The van der Waals surface area contributed by atoms with Crippen LogP contribution in [0.15, 0.2) is 0 Å². The summed E-state index contributed by atoms with van der Waals surface area (Å²) in [5.74, 6) is -0.824. The van der Waals surface area contributed by atoms with Crippen molar-refractivity contribution in [1.82, 2.24) is 24.5 Å². The van der Waals surface area contributed by atoms with Crippen LogP contribution in [0.5, 0.6) is 0 Å². The smallest absolute Gasteiger partial charge is 0.343 e. The molecule has 0 aromatic carbocycles. The molecule has 1 fully saturated rings. The molecular formula is C18H25F3N6O. The number of halogens is 3. The summed E-state index contributed by atoms with van der Waals surface area (Å²) in [6.07, 6.45) is -2.16. The standard InChI is InChI=1S/C18H25F3N6O/c1-10(22)13-6-8-26(9-7-13)15(28)5-4-14-11(2)23-17-24-16(18(19,20)21)25-27(17)12(14)3/h10,13H,4-9,22H2,1-3H3. The summed E-state index contributed by atoms with van der Waals surface area (Å²) in [6, 6.07) is 0.129. The number of alkyl halides is 3. The number of aromatic nitrogens is 4. The molecule has 1 aliphatic heterocycles.